The molecule has 0 aromatic heterocycles. The Morgan fingerprint density at radius 2 is 2.12 bits per heavy atom. The third kappa shape index (κ3) is 5.38. The van der Waals surface area contributed by atoms with Crippen LogP contribution >= 0.6 is 22.6 Å². The van der Waals surface area contributed by atoms with Crippen LogP contribution in [0.5, 0.6) is 0 Å². The molecule has 0 radical (unpaired) electrons. The number of rotatable bonds is 2. The molecule has 6 nitrogen and oxygen atoms in total. The number of hydrogen-bond acceptors (Lipinski definition) is 3. The van der Waals surface area contributed by atoms with Crippen LogP contribution in [0.3, 0.4) is 0 Å². The van der Waals surface area contributed by atoms with Crippen molar-refractivity contribution < 1.29 is 14.3 Å². The number of ether oxygens (including phenoxy) is 1. The second-order valence-electron chi connectivity index (χ2n) is 2.93. The van der Waals surface area contributed by atoms with Crippen molar-refractivity contribution in [2.45, 2.75) is 6.92 Å². The number of hydrazine groups is 1. The molecular weight excluding hydrogens is 337 g/mol. The highest BCUT2D eigenvalue weighted by atomic mass is 127. The highest BCUT2D eigenvalue weighted by Gasteiger charge is 2.04. The van der Waals surface area contributed by atoms with Gasteiger partial charge in [-0.05, 0) is 47.7 Å². The Hall–Kier alpha value is -1.51. The summed E-state index contributed by atoms with van der Waals surface area (Å²) in [7, 11) is 0. The predicted molar refractivity (Wildman–Crippen MR) is 71.5 cm³/mol. The topological polar surface area (TPSA) is 79.5 Å². The fraction of sp³-hybridized carbons (Fsp3) is 0.200. The van der Waals surface area contributed by atoms with Crippen LogP contribution in [0.1, 0.15) is 6.92 Å². The van der Waals surface area contributed by atoms with Gasteiger partial charge in [-0.1, -0.05) is 6.07 Å². The zero-order valence-corrected chi connectivity index (χ0v) is 11.3. The molecule has 0 spiro atoms. The van der Waals surface area contributed by atoms with E-state index in [0.717, 1.165) is 3.57 Å². The van der Waals surface area contributed by atoms with Gasteiger partial charge in [0.05, 0.1) is 6.61 Å². The fourth-order valence-electron chi connectivity index (χ4n) is 1.00. The minimum atomic E-state index is -0.703. The van der Waals surface area contributed by atoms with E-state index in [-0.39, 0.29) is 6.61 Å². The average molecular weight is 349 g/mol. The molecule has 0 bridgehead atoms. The number of carbonyl (C=O) groups is 2. The number of urea groups is 1. The molecule has 3 N–H and O–H groups in total. The summed E-state index contributed by atoms with van der Waals surface area (Å²) in [5.41, 5.74) is 4.89. The number of nitrogens with one attached hydrogen (secondary N) is 3. The number of amides is 3. The van der Waals surface area contributed by atoms with Crippen LogP contribution in [0.25, 0.3) is 0 Å². The number of benzene rings is 1. The van der Waals surface area contributed by atoms with Crippen LogP contribution in [0.4, 0.5) is 15.3 Å². The first-order chi connectivity index (χ1) is 8.11. The summed E-state index contributed by atoms with van der Waals surface area (Å²) in [4.78, 5) is 22.2. The van der Waals surface area contributed by atoms with Crippen LogP contribution < -0.4 is 16.2 Å². The molecule has 0 heterocycles. The zero-order valence-electron chi connectivity index (χ0n) is 9.12. The third-order valence-corrected chi connectivity index (χ3v) is 2.31. The lowest BCUT2D eigenvalue weighted by atomic mass is 10.3. The molecule has 0 saturated carbocycles. The van der Waals surface area contributed by atoms with Crippen molar-refractivity contribution in [2.24, 2.45) is 0 Å². The van der Waals surface area contributed by atoms with Crippen molar-refractivity contribution in [1.29, 1.82) is 0 Å². The Kier molecular flexibility index (Phi) is 5.53. The van der Waals surface area contributed by atoms with E-state index < -0.39 is 12.1 Å². The van der Waals surface area contributed by atoms with Gasteiger partial charge in [0, 0.05) is 9.26 Å². The lowest BCUT2D eigenvalue weighted by molar-refractivity contribution is 0.148. The minimum Gasteiger partial charge on any atom is -0.449 e. The summed E-state index contributed by atoms with van der Waals surface area (Å²) < 4.78 is 5.57. The Balaban J connectivity index is 2.37. The molecule has 17 heavy (non-hydrogen) atoms. The van der Waals surface area contributed by atoms with E-state index in [9.17, 15) is 9.59 Å². The molecule has 92 valence electrons. The van der Waals surface area contributed by atoms with Gasteiger partial charge < -0.3 is 10.1 Å². The molecule has 0 aliphatic rings. The Morgan fingerprint density at radius 1 is 1.35 bits per heavy atom. The van der Waals surface area contributed by atoms with E-state index in [1.165, 1.54) is 0 Å². The highest BCUT2D eigenvalue weighted by molar-refractivity contribution is 14.1. The standard InChI is InChI=1S/C10H12IN3O3/c1-2-17-10(16)14-13-9(15)12-8-5-3-4-7(11)6-8/h3-6H,2H2,1H3,(H,14,16)(H2,12,13,15). The van der Waals surface area contributed by atoms with Gasteiger partial charge >= 0.3 is 12.1 Å². The highest BCUT2D eigenvalue weighted by Crippen LogP contribution is 2.11. The minimum absolute atomic E-state index is 0.242. The van der Waals surface area contributed by atoms with Crippen LogP contribution in [-0.4, -0.2) is 18.7 Å². The third-order valence-electron chi connectivity index (χ3n) is 1.64. The van der Waals surface area contributed by atoms with E-state index >= 15 is 0 Å². The van der Waals surface area contributed by atoms with Gasteiger partial charge in [-0.3, -0.25) is 0 Å². The quantitative estimate of drug-likeness (QED) is 0.565. The largest absolute Gasteiger partial charge is 0.449 e. The summed E-state index contributed by atoms with van der Waals surface area (Å²) >= 11 is 2.13. The van der Waals surface area contributed by atoms with Crippen LogP contribution in [0, 0.1) is 3.57 Å². The molecule has 0 aliphatic carbocycles. The van der Waals surface area contributed by atoms with E-state index in [4.69, 9.17) is 0 Å². The molecule has 1 rings (SSSR count). The molecule has 0 unspecified atom stereocenters. The van der Waals surface area contributed by atoms with Crippen molar-refractivity contribution in [3.8, 4) is 0 Å². The first-order valence-corrected chi connectivity index (χ1v) is 5.95. The maximum Gasteiger partial charge on any atom is 0.426 e. The monoisotopic (exact) mass is 349 g/mol. The van der Waals surface area contributed by atoms with Gasteiger partial charge in [0.15, 0.2) is 0 Å². The second kappa shape index (κ2) is 6.94. The van der Waals surface area contributed by atoms with Crippen molar-refractivity contribution in [3.05, 3.63) is 27.8 Å². The van der Waals surface area contributed by atoms with Crippen LogP contribution in [0.15, 0.2) is 24.3 Å². The van der Waals surface area contributed by atoms with Gasteiger partial charge in [-0.2, -0.15) is 0 Å². The van der Waals surface area contributed by atoms with Gasteiger partial charge in [-0.15, -0.1) is 0 Å². The van der Waals surface area contributed by atoms with Crippen molar-refractivity contribution in [1.82, 2.24) is 10.9 Å². The molecule has 1 aromatic carbocycles. The smallest absolute Gasteiger partial charge is 0.426 e. The summed E-state index contributed by atoms with van der Waals surface area (Å²) in [6.07, 6.45) is -0.703. The summed E-state index contributed by atoms with van der Waals surface area (Å²) in [6, 6.07) is 6.72. The summed E-state index contributed by atoms with van der Waals surface area (Å²) in [6.45, 7) is 1.91. The zero-order chi connectivity index (χ0) is 12.7. The van der Waals surface area contributed by atoms with Gasteiger partial charge in [0.25, 0.3) is 0 Å². The number of halogens is 1. The van der Waals surface area contributed by atoms with Gasteiger partial charge in [-0.25, -0.2) is 20.4 Å². The van der Waals surface area contributed by atoms with E-state index in [2.05, 4.69) is 43.5 Å². The molecule has 1 aromatic rings. The van der Waals surface area contributed by atoms with E-state index in [1.807, 2.05) is 12.1 Å². The normalized spacial score (nSPS) is 9.29. The molecule has 3 amide bonds. The molecule has 0 aliphatic heterocycles. The van der Waals surface area contributed by atoms with Crippen molar-refractivity contribution in [3.63, 3.8) is 0 Å². The summed E-state index contributed by atoms with van der Waals surface area (Å²) in [5.74, 6) is 0. The van der Waals surface area contributed by atoms with Crippen molar-refractivity contribution >= 4 is 40.4 Å². The SMILES string of the molecule is CCOC(=O)NNC(=O)Nc1cccc(I)c1. The van der Waals surface area contributed by atoms with Crippen molar-refractivity contribution in [2.75, 3.05) is 11.9 Å². The lowest BCUT2D eigenvalue weighted by Gasteiger charge is -2.08. The molecular formula is C10H12IN3O3. The first kappa shape index (κ1) is 13.6. The maximum absolute atomic E-state index is 11.3. The number of anilines is 1. The van der Waals surface area contributed by atoms with E-state index in [0.29, 0.717) is 5.69 Å². The number of hydrogen-bond donors (Lipinski definition) is 3. The Morgan fingerprint density at radius 3 is 2.76 bits per heavy atom. The first-order valence-electron chi connectivity index (χ1n) is 4.87. The van der Waals surface area contributed by atoms with Crippen LogP contribution in [-0.2, 0) is 4.74 Å². The molecule has 7 heteroatoms. The summed E-state index contributed by atoms with van der Waals surface area (Å²) in [5, 5.41) is 2.56. The van der Waals surface area contributed by atoms with Gasteiger partial charge in [0.1, 0.15) is 0 Å². The van der Waals surface area contributed by atoms with E-state index in [1.54, 1.807) is 19.1 Å². The molecule has 0 atom stereocenters. The lowest BCUT2D eigenvalue weighted by Crippen LogP contribution is -2.44. The maximum atomic E-state index is 11.3. The number of carbonyl (C=O) groups excluding carboxylic acids is 2. The Bertz CT molecular complexity index is 412. The van der Waals surface area contributed by atoms with Crippen LogP contribution in [0.2, 0.25) is 0 Å². The predicted octanol–water partition coefficient (Wildman–Crippen LogP) is 2.07. The average Bonchev–Trinajstić information content (AvgIpc) is 2.27. The fourth-order valence-corrected chi connectivity index (χ4v) is 1.55. The Labute approximate surface area is 112 Å². The van der Waals surface area contributed by atoms with Gasteiger partial charge in [0.2, 0.25) is 0 Å². The molecule has 0 saturated heterocycles. The molecule has 0 fully saturated rings. The second-order valence-corrected chi connectivity index (χ2v) is 4.18.